The molecule has 2 aromatic rings. The summed E-state index contributed by atoms with van der Waals surface area (Å²) in [5, 5.41) is 10.5. The number of hydrogen-bond donors (Lipinski definition) is 2. The van der Waals surface area contributed by atoms with E-state index in [0.717, 1.165) is 25.4 Å². The van der Waals surface area contributed by atoms with Crippen LogP contribution in [0.5, 0.6) is 0 Å². The van der Waals surface area contributed by atoms with Gasteiger partial charge in [-0.05, 0) is 12.5 Å². The van der Waals surface area contributed by atoms with Crippen molar-refractivity contribution in [3.63, 3.8) is 0 Å². The molecule has 0 aliphatic heterocycles. The normalized spacial score (nSPS) is 10.8. The first-order valence-electron chi connectivity index (χ1n) is 6.10. The van der Waals surface area contributed by atoms with E-state index in [1.165, 1.54) is 16.7 Å². The van der Waals surface area contributed by atoms with Crippen LogP contribution in [0.25, 0.3) is 11.3 Å². The lowest BCUT2D eigenvalue weighted by Gasteiger charge is -2.05. The summed E-state index contributed by atoms with van der Waals surface area (Å²) >= 11 is 0. The van der Waals surface area contributed by atoms with Crippen molar-refractivity contribution >= 4 is 0 Å². The first-order valence-corrected chi connectivity index (χ1v) is 6.10. The number of aromatic nitrogens is 2. The molecule has 0 fully saturated rings. The summed E-state index contributed by atoms with van der Waals surface area (Å²) in [7, 11) is 1.71. The van der Waals surface area contributed by atoms with Gasteiger partial charge in [-0.2, -0.15) is 5.10 Å². The lowest BCUT2D eigenvalue weighted by atomic mass is 10.1. The molecule has 4 nitrogen and oxygen atoms in total. The van der Waals surface area contributed by atoms with E-state index in [2.05, 4.69) is 46.7 Å². The summed E-state index contributed by atoms with van der Waals surface area (Å²) in [6, 6.07) is 8.44. The Kier molecular flexibility index (Phi) is 4.50. The van der Waals surface area contributed by atoms with E-state index in [9.17, 15) is 0 Å². The van der Waals surface area contributed by atoms with Gasteiger partial charge in [-0.15, -0.1) is 0 Å². The summed E-state index contributed by atoms with van der Waals surface area (Å²) in [6.45, 7) is 4.44. The fraction of sp³-hybridized carbons (Fsp3) is 0.357. The Morgan fingerprint density at radius 2 is 2.06 bits per heavy atom. The third kappa shape index (κ3) is 3.18. The van der Waals surface area contributed by atoms with Crippen LogP contribution in [0.2, 0.25) is 0 Å². The van der Waals surface area contributed by atoms with Gasteiger partial charge in [0.15, 0.2) is 0 Å². The van der Waals surface area contributed by atoms with Crippen molar-refractivity contribution in [2.75, 3.05) is 20.3 Å². The van der Waals surface area contributed by atoms with Crippen molar-refractivity contribution in [3.05, 3.63) is 41.6 Å². The molecular weight excluding hydrogens is 226 g/mol. The molecule has 0 aliphatic carbocycles. The maximum atomic E-state index is 5.00. The second kappa shape index (κ2) is 6.33. The van der Waals surface area contributed by atoms with E-state index in [0.29, 0.717) is 0 Å². The predicted octanol–water partition coefficient (Wildman–Crippen LogP) is 2.12. The smallest absolute Gasteiger partial charge is 0.0695 e. The van der Waals surface area contributed by atoms with Crippen LogP contribution in [0.1, 0.15) is 11.1 Å². The van der Waals surface area contributed by atoms with Gasteiger partial charge in [0.1, 0.15) is 0 Å². The highest BCUT2D eigenvalue weighted by Crippen LogP contribution is 2.21. The predicted molar refractivity (Wildman–Crippen MR) is 72.3 cm³/mol. The van der Waals surface area contributed by atoms with E-state index in [1.807, 2.05) is 6.20 Å². The van der Waals surface area contributed by atoms with E-state index < -0.39 is 0 Å². The number of hydrogen-bond acceptors (Lipinski definition) is 3. The minimum Gasteiger partial charge on any atom is -0.383 e. The highest BCUT2D eigenvalue weighted by Gasteiger charge is 2.06. The fourth-order valence-electron chi connectivity index (χ4n) is 1.81. The van der Waals surface area contributed by atoms with Gasteiger partial charge < -0.3 is 10.1 Å². The highest BCUT2D eigenvalue weighted by molar-refractivity contribution is 5.62. The maximum absolute atomic E-state index is 5.00. The van der Waals surface area contributed by atoms with Gasteiger partial charge in [0.2, 0.25) is 0 Å². The molecular formula is C14H19N3O. The summed E-state index contributed by atoms with van der Waals surface area (Å²) in [4.78, 5) is 0. The molecule has 4 heteroatoms. The van der Waals surface area contributed by atoms with Crippen molar-refractivity contribution in [3.8, 4) is 11.3 Å². The summed E-state index contributed by atoms with van der Waals surface area (Å²) in [5.41, 5.74) is 4.69. The standard InChI is InChI=1S/C14H19N3O/c1-11-3-5-12(6-4-11)14-13(10-16-17-14)9-15-7-8-18-2/h3-6,10,15H,7-9H2,1-2H3,(H,16,17). The van der Waals surface area contributed by atoms with Crippen LogP contribution in [0.4, 0.5) is 0 Å². The molecule has 1 aromatic carbocycles. The Bertz CT molecular complexity index is 476. The monoisotopic (exact) mass is 245 g/mol. The number of aromatic amines is 1. The van der Waals surface area contributed by atoms with Crippen LogP contribution in [-0.4, -0.2) is 30.5 Å². The largest absolute Gasteiger partial charge is 0.383 e. The van der Waals surface area contributed by atoms with Crippen molar-refractivity contribution in [1.29, 1.82) is 0 Å². The topological polar surface area (TPSA) is 49.9 Å². The molecule has 1 aromatic heterocycles. The molecule has 96 valence electrons. The Balaban J connectivity index is 2.05. The number of ether oxygens (including phenoxy) is 1. The van der Waals surface area contributed by atoms with E-state index in [1.54, 1.807) is 7.11 Å². The number of H-pyrrole nitrogens is 1. The van der Waals surface area contributed by atoms with Crippen LogP contribution in [-0.2, 0) is 11.3 Å². The van der Waals surface area contributed by atoms with Gasteiger partial charge in [0, 0.05) is 25.8 Å². The molecule has 0 spiro atoms. The first-order chi connectivity index (χ1) is 8.81. The summed E-state index contributed by atoms with van der Waals surface area (Å²) < 4.78 is 5.00. The zero-order chi connectivity index (χ0) is 12.8. The van der Waals surface area contributed by atoms with Gasteiger partial charge >= 0.3 is 0 Å². The summed E-state index contributed by atoms with van der Waals surface area (Å²) in [5.74, 6) is 0. The van der Waals surface area contributed by atoms with Crippen molar-refractivity contribution in [2.45, 2.75) is 13.5 Å². The average Bonchev–Trinajstić information content (AvgIpc) is 2.84. The third-order valence-electron chi connectivity index (χ3n) is 2.86. The van der Waals surface area contributed by atoms with Crippen LogP contribution in [0.15, 0.2) is 30.5 Å². The molecule has 18 heavy (non-hydrogen) atoms. The molecule has 0 bridgehead atoms. The zero-order valence-corrected chi connectivity index (χ0v) is 10.9. The molecule has 0 saturated heterocycles. The minimum atomic E-state index is 0.720. The van der Waals surface area contributed by atoms with Crippen LogP contribution in [0, 0.1) is 6.92 Å². The molecule has 0 saturated carbocycles. The quantitative estimate of drug-likeness (QED) is 0.766. The lowest BCUT2D eigenvalue weighted by Crippen LogP contribution is -2.18. The number of methoxy groups -OCH3 is 1. The van der Waals surface area contributed by atoms with Gasteiger partial charge in [-0.3, -0.25) is 5.10 Å². The van der Waals surface area contributed by atoms with E-state index in [-0.39, 0.29) is 0 Å². The van der Waals surface area contributed by atoms with Crippen molar-refractivity contribution in [2.24, 2.45) is 0 Å². The van der Waals surface area contributed by atoms with Crippen molar-refractivity contribution < 1.29 is 4.74 Å². The van der Waals surface area contributed by atoms with E-state index >= 15 is 0 Å². The first kappa shape index (κ1) is 12.8. The molecule has 0 unspecified atom stereocenters. The van der Waals surface area contributed by atoms with Crippen LogP contribution >= 0.6 is 0 Å². The molecule has 2 N–H and O–H groups in total. The minimum absolute atomic E-state index is 0.720. The SMILES string of the molecule is COCCNCc1cn[nH]c1-c1ccc(C)cc1. The Morgan fingerprint density at radius 1 is 1.28 bits per heavy atom. The maximum Gasteiger partial charge on any atom is 0.0695 e. The number of benzene rings is 1. The molecule has 1 heterocycles. The highest BCUT2D eigenvalue weighted by atomic mass is 16.5. The molecule has 0 amide bonds. The number of nitrogens with zero attached hydrogens (tertiary/aromatic N) is 1. The molecule has 0 aliphatic rings. The Labute approximate surface area is 107 Å². The molecule has 0 radical (unpaired) electrons. The lowest BCUT2D eigenvalue weighted by molar-refractivity contribution is 0.199. The van der Waals surface area contributed by atoms with Crippen molar-refractivity contribution in [1.82, 2.24) is 15.5 Å². The van der Waals surface area contributed by atoms with Gasteiger partial charge in [0.05, 0.1) is 18.5 Å². The molecule has 2 rings (SSSR count). The second-order valence-corrected chi connectivity index (χ2v) is 4.31. The number of nitrogens with one attached hydrogen (secondary N) is 2. The Hall–Kier alpha value is -1.65. The number of rotatable bonds is 6. The zero-order valence-electron chi connectivity index (χ0n) is 10.9. The van der Waals surface area contributed by atoms with Gasteiger partial charge in [-0.1, -0.05) is 29.8 Å². The number of aryl methyl sites for hydroxylation is 1. The Morgan fingerprint density at radius 3 is 2.78 bits per heavy atom. The van der Waals surface area contributed by atoms with Crippen LogP contribution < -0.4 is 5.32 Å². The fourth-order valence-corrected chi connectivity index (χ4v) is 1.81. The average molecular weight is 245 g/mol. The summed E-state index contributed by atoms with van der Waals surface area (Å²) in [6.07, 6.45) is 1.87. The molecule has 0 atom stereocenters. The van der Waals surface area contributed by atoms with Crippen LogP contribution in [0.3, 0.4) is 0 Å². The van der Waals surface area contributed by atoms with Gasteiger partial charge in [-0.25, -0.2) is 0 Å². The van der Waals surface area contributed by atoms with Gasteiger partial charge in [0.25, 0.3) is 0 Å². The second-order valence-electron chi connectivity index (χ2n) is 4.31. The third-order valence-corrected chi connectivity index (χ3v) is 2.86. The van der Waals surface area contributed by atoms with E-state index in [4.69, 9.17) is 4.74 Å².